The first-order valence-electron chi connectivity index (χ1n) is 7.71. The minimum atomic E-state index is 0.580. The van der Waals surface area contributed by atoms with Gasteiger partial charge in [0, 0.05) is 23.9 Å². The molecule has 1 N–H and O–H groups in total. The first-order valence-corrected chi connectivity index (χ1v) is 7.71. The summed E-state index contributed by atoms with van der Waals surface area (Å²) in [5.74, 6) is 3.30. The van der Waals surface area contributed by atoms with Gasteiger partial charge in [0.25, 0.3) is 0 Å². The summed E-state index contributed by atoms with van der Waals surface area (Å²) >= 11 is 0. The lowest BCUT2D eigenvalue weighted by atomic mass is 9.87. The molecular formula is C16H25N3. The molecule has 2 aliphatic rings. The average molecular weight is 259 g/mol. The summed E-state index contributed by atoms with van der Waals surface area (Å²) in [5.41, 5.74) is 2.71. The molecule has 0 radical (unpaired) electrons. The van der Waals surface area contributed by atoms with E-state index in [1.165, 1.54) is 24.1 Å². The van der Waals surface area contributed by atoms with Crippen molar-refractivity contribution >= 4 is 0 Å². The van der Waals surface area contributed by atoms with Crippen LogP contribution in [-0.4, -0.2) is 22.6 Å². The van der Waals surface area contributed by atoms with Crippen LogP contribution in [0.1, 0.15) is 56.6 Å². The van der Waals surface area contributed by atoms with Gasteiger partial charge in [-0.15, -0.1) is 0 Å². The van der Waals surface area contributed by atoms with E-state index in [9.17, 15) is 0 Å². The molecule has 3 heteroatoms. The molecule has 104 valence electrons. The number of rotatable bonds is 4. The molecule has 2 aliphatic carbocycles. The molecule has 1 heterocycles. The Kier molecular flexibility index (Phi) is 3.57. The SMILES string of the molecule is CC(C)NCC1CCc2nc(C3CC3C)ncc2C1. The van der Waals surface area contributed by atoms with E-state index in [-0.39, 0.29) is 0 Å². The first-order chi connectivity index (χ1) is 9.13. The molecule has 3 unspecified atom stereocenters. The zero-order chi connectivity index (χ0) is 13.4. The number of hydrogen-bond acceptors (Lipinski definition) is 3. The van der Waals surface area contributed by atoms with Gasteiger partial charge in [-0.05, 0) is 49.6 Å². The van der Waals surface area contributed by atoms with Crippen LogP contribution in [0.15, 0.2) is 6.20 Å². The Morgan fingerprint density at radius 1 is 1.42 bits per heavy atom. The van der Waals surface area contributed by atoms with Crippen molar-refractivity contribution in [1.29, 1.82) is 0 Å². The highest BCUT2D eigenvalue weighted by Crippen LogP contribution is 2.45. The third kappa shape index (κ3) is 2.97. The highest BCUT2D eigenvalue weighted by molar-refractivity contribution is 5.24. The van der Waals surface area contributed by atoms with Gasteiger partial charge in [0.2, 0.25) is 0 Å². The van der Waals surface area contributed by atoms with Crippen LogP contribution < -0.4 is 5.32 Å². The van der Waals surface area contributed by atoms with Crippen LogP contribution in [0.5, 0.6) is 0 Å². The quantitative estimate of drug-likeness (QED) is 0.903. The zero-order valence-electron chi connectivity index (χ0n) is 12.3. The Labute approximate surface area is 116 Å². The van der Waals surface area contributed by atoms with Crippen molar-refractivity contribution in [2.75, 3.05) is 6.54 Å². The van der Waals surface area contributed by atoms with Crippen LogP contribution in [0.4, 0.5) is 0 Å². The lowest BCUT2D eigenvalue weighted by Gasteiger charge is -2.25. The van der Waals surface area contributed by atoms with Gasteiger partial charge in [0.1, 0.15) is 5.82 Å². The summed E-state index contributed by atoms with van der Waals surface area (Å²) < 4.78 is 0. The van der Waals surface area contributed by atoms with E-state index in [4.69, 9.17) is 4.98 Å². The van der Waals surface area contributed by atoms with Crippen molar-refractivity contribution in [3.63, 3.8) is 0 Å². The summed E-state index contributed by atoms with van der Waals surface area (Å²) in [4.78, 5) is 9.43. The topological polar surface area (TPSA) is 37.8 Å². The number of nitrogens with zero attached hydrogens (tertiary/aromatic N) is 2. The Bertz CT molecular complexity index is 455. The minimum Gasteiger partial charge on any atom is -0.314 e. The molecule has 0 amide bonds. The van der Waals surface area contributed by atoms with Crippen LogP contribution in [0.2, 0.25) is 0 Å². The van der Waals surface area contributed by atoms with Crippen molar-refractivity contribution in [1.82, 2.24) is 15.3 Å². The van der Waals surface area contributed by atoms with Gasteiger partial charge in [-0.2, -0.15) is 0 Å². The maximum Gasteiger partial charge on any atom is 0.131 e. The minimum absolute atomic E-state index is 0.580. The zero-order valence-corrected chi connectivity index (χ0v) is 12.3. The van der Waals surface area contributed by atoms with Gasteiger partial charge in [0.05, 0.1) is 0 Å². The van der Waals surface area contributed by atoms with E-state index in [0.717, 1.165) is 37.0 Å². The second kappa shape index (κ2) is 5.20. The summed E-state index contributed by atoms with van der Waals surface area (Å²) in [6.07, 6.45) is 6.93. The number of fused-ring (bicyclic) bond motifs is 1. The second-order valence-electron chi connectivity index (χ2n) is 6.69. The van der Waals surface area contributed by atoms with Crippen molar-refractivity contribution in [2.24, 2.45) is 11.8 Å². The van der Waals surface area contributed by atoms with E-state index < -0.39 is 0 Å². The molecule has 3 nitrogen and oxygen atoms in total. The van der Waals surface area contributed by atoms with Crippen LogP contribution in [-0.2, 0) is 12.8 Å². The fourth-order valence-electron chi connectivity index (χ4n) is 3.04. The molecule has 0 aromatic carbocycles. The van der Waals surface area contributed by atoms with Crippen molar-refractivity contribution < 1.29 is 0 Å². The van der Waals surface area contributed by atoms with Gasteiger partial charge >= 0.3 is 0 Å². The average Bonchev–Trinajstić information content (AvgIpc) is 3.12. The van der Waals surface area contributed by atoms with Crippen molar-refractivity contribution in [3.8, 4) is 0 Å². The maximum absolute atomic E-state index is 4.82. The van der Waals surface area contributed by atoms with Crippen LogP contribution in [0.3, 0.4) is 0 Å². The molecule has 0 aliphatic heterocycles. The van der Waals surface area contributed by atoms with E-state index in [1.54, 1.807) is 0 Å². The molecule has 1 aromatic rings. The van der Waals surface area contributed by atoms with Gasteiger partial charge < -0.3 is 5.32 Å². The van der Waals surface area contributed by atoms with Gasteiger partial charge in [-0.3, -0.25) is 0 Å². The molecule has 1 saturated carbocycles. The summed E-state index contributed by atoms with van der Waals surface area (Å²) in [7, 11) is 0. The summed E-state index contributed by atoms with van der Waals surface area (Å²) in [6, 6.07) is 0.580. The Balaban J connectivity index is 1.65. The third-order valence-electron chi connectivity index (χ3n) is 4.53. The molecule has 0 bridgehead atoms. The Morgan fingerprint density at radius 2 is 2.21 bits per heavy atom. The number of aryl methyl sites for hydroxylation is 1. The maximum atomic E-state index is 4.82. The highest BCUT2D eigenvalue weighted by atomic mass is 14.9. The smallest absolute Gasteiger partial charge is 0.131 e. The van der Waals surface area contributed by atoms with Crippen LogP contribution in [0.25, 0.3) is 0 Å². The van der Waals surface area contributed by atoms with Gasteiger partial charge in [0.15, 0.2) is 0 Å². The molecule has 1 fully saturated rings. The molecule has 3 atom stereocenters. The predicted octanol–water partition coefficient (Wildman–Crippen LogP) is 2.70. The van der Waals surface area contributed by atoms with E-state index >= 15 is 0 Å². The second-order valence-corrected chi connectivity index (χ2v) is 6.69. The summed E-state index contributed by atoms with van der Waals surface area (Å²) in [6.45, 7) is 7.84. The molecule has 19 heavy (non-hydrogen) atoms. The Hall–Kier alpha value is -0.960. The van der Waals surface area contributed by atoms with E-state index in [0.29, 0.717) is 12.0 Å². The monoisotopic (exact) mass is 259 g/mol. The highest BCUT2D eigenvalue weighted by Gasteiger charge is 2.37. The van der Waals surface area contributed by atoms with Crippen LogP contribution in [0, 0.1) is 11.8 Å². The Morgan fingerprint density at radius 3 is 2.89 bits per heavy atom. The van der Waals surface area contributed by atoms with Crippen molar-refractivity contribution in [3.05, 3.63) is 23.3 Å². The molecule has 0 spiro atoms. The van der Waals surface area contributed by atoms with E-state index in [2.05, 4.69) is 37.3 Å². The number of nitrogens with one attached hydrogen (secondary N) is 1. The van der Waals surface area contributed by atoms with Crippen molar-refractivity contribution in [2.45, 2.75) is 58.4 Å². The lowest BCUT2D eigenvalue weighted by molar-refractivity contribution is 0.402. The predicted molar refractivity (Wildman–Crippen MR) is 77.2 cm³/mol. The van der Waals surface area contributed by atoms with Gasteiger partial charge in [-0.1, -0.05) is 20.8 Å². The molecule has 3 rings (SSSR count). The standard InChI is InChI=1S/C16H25N3/c1-10(2)17-8-12-4-5-15-13(7-12)9-18-16(19-15)14-6-11(14)3/h9-12,14,17H,4-8H2,1-3H3. The lowest BCUT2D eigenvalue weighted by Crippen LogP contribution is -2.32. The molecule has 1 aromatic heterocycles. The fourth-order valence-corrected chi connectivity index (χ4v) is 3.04. The fraction of sp³-hybridized carbons (Fsp3) is 0.750. The van der Waals surface area contributed by atoms with E-state index in [1.807, 2.05) is 0 Å². The third-order valence-corrected chi connectivity index (χ3v) is 4.53. The number of aromatic nitrogens is 2. The number of hydrogen-bond donors (Lipinski definition) is 1. The summed E-state index contributed by atoms with van der Waals surface area (Å²) in [5, 5.41) is 3.55. The first kappa shape index (κ1) is 13.0. The largest absolute Gasteiger partial charge is 0.314 e. The van der Waals surface area contributed by atoms with Gasteiger partial charge in [-0.25, -0.2) is 9.97 Å². The normalized spacial score (nSPS) is 29.4. The van der Waals surface area contributed by atoms with Crippen LogP contribution >= 0.6 is 0 Å². The molecular weight excluding hydrogens is 234 g/mol. The molecule has 0 saturated heterocycles.